The van der Waals surface area contributed by atoms with Crippen LogP contribution in [0.1, 0.15) is 49.7 Å². The molecule has 2 rings (SSSR count). The molecule has 0 aromatic heterocycles. The Bertz CT molecular complexity index is 556. The monoisotopic (exact) mass is 330 g/mol. The van der Waals surface area contributed by atoms with Gasteiger partial charge in [-0.3, -0.25) is 9.79 Å². The van der Waals surface area contributed by atoms with Gasteiger partial charge < -0.3 is 16.4 Å². The van der Waals surface area contributed by atoms with Crippen molar-refractivity contribution in [1.82, 2.24) is 5.32 Å². The summed E-state index contributed by atoms with van der Waals surface area (Å²) in [6, 6.07) is 6.17. The van der Waals surface area contributed by atoms with E-state index in [4.69, 9.17) is 5.73 Å². The van der Waals surface area contributed by atoms with Gasteiger partial charge in [0.15, 0.2) is 5.96 Å². The molecule has 1 aliphatic rings. The summed E-state index contributed by atoms with van der Waals surface area (Å²) in [5, 5.41) is 6.03. The van der Waals surface area contributed by atoms with E-state index in [0.717, 1.165) is 5.69 Å². The topological polar surface area (TPSA) is 79.5 Å². The van der Waals surface area contributed by atoms with Gasteiger partial charge in [-0.15, -0.1) is 0 Å². The average Bonchev–Trinajstić information content (AvgIpc) is 2.51. The van der Waals surface area contributed by atoms with Gasteiger partial charge in [0.05, 0.1) is 6.54 Å². The molecule has 0 bridgehead atoms. The summed E-state index contributed by atoms with van der Waals surface area (Å²) < 4.78 is 0. The van der Waals surface area contributed by atoms with E-state index in [1.54, 1.807) is 0 Å². The number of carbonyl (C=O) groups is 1. The lowest BCUT2D eigenvalue weighted by molar-refractivity contribution is -0.122. The second-order valence-corrected chi connectivity index (χ2v) is 6.83. The Morgan fingerprint density at radius 1 is 1.17 bits per heavy atom. The van der Waals surface area contributed by atoms with Crippen LogP contribution in [0.4, 0.5) is 5.69 Å². The highest BCUT2D eigenvalue weighted by atomic mass is 16.1. The summed E-state index contributed by atoms with van der Waals surface area (Å²) in [5.74, 6) is 1.08. The van der Waals surface area contributed by atoms with Crippen LogP contribution < -0.4 is 16.4 Å². The largest absolute Gasteiger partial charge is 0.370 e. The van der Waals surface area contributed by atoms with Crippen molar-refractivity contribution in [1.29, 1.82) is 0 Å². The molecule has 0 unspecified atom stereocenters. The van der Waals surface area contributed by atoms with Crippen molar-refractivity contribution in [2.75, 3.05) is 18.4 Å². The first-order chi connectivity index (χ1) is 11.5. The summed E-state index contributed by atoms with van der Waals surface area (Å²) in [7, 11) is 0. The fourth-order valence-corrected chi connectivity index (χ4v) is 3.33. The molecule has 0 radical (unpaired) electrons. The molecule has 132 valence electrons. The van der Waals surface area contributed by atoms with E-state index in [2.05, 4.69) is 21.7 Å². The van der Waals surface area contributed by atoms with Gasteiger partial charge in [-0.2, -0.15) is 0 Å². The predicted molar refractivity (Wildman–Crippen MR) is 100 cm³/mol. The van der Waals surface area contributed by atoms with Crippen LogP contribution in [0.3, 0.4) is 0 Å². The van der Waals surface area contributed by atoms with Crippen LogP contribution >= 0.6 is 0 Å². The van der Waals surface area contributed by atoms with Crippen LogP contribution in [0.25, 0.3) is 0 Å². The van der Waals surface area contributed by atoms with Crippen molar-refractivity contribution < 1.29 is 4.79 Å². The molecule has 1 aliphatic carbocycles. The number of aliphatic imine (C=N–C) groups is 1. The molecule has 5 nitrogen and oxygen atoms in total. The molecule has 1 saturated carbocycles. The average molecular weight is 330 g/mol. The third kappa shape index (κ3) is 6.60. The number of aryl methyl sites for hydroxylation is 2. The highest BCUT2D eigenvalue weighted by Gasteiger charge is 2.16. The van der Waals surface area contributed by atoms with Gasteiger partial charge in [-0.05, 0) is 55.9 Å². The zero-order valence-electron chi connectivity index (χ0n) is 14.9. The van der Waals surface area contributed by atoms with Crippen LogP contribution in [-0.4, -0.2) is 25.0 Å². The first-order valence-electron chi connectivity index (χ1n) is 8.95. The summed E-state index contributed by atoms with van der Waals surface area (Å²) in [6.07, 6.45) is 6.89. The minimum atomic E-state index is 0.137. The fraction of sp³-hybridized carbons (Fsp3) is 0.579. The molecular formula is C19H30N4O. The van der Waals surface area contributed by atoms with E-state index in [1.165, 1.54) is 43.2 Å². The molecule has 1 aromatic rings. The zero-order chi connectivity index (χ0) is 17.4. The normalized spacial score (nSPS) is 16.0. The van der Waals surface area contributed by atoms with Crippen molar-refractivity contribution in [3.05, 3.63) is 29.3 Å². The fourth-order valence-electron chi connectivity index (χ4n) is 3.33. The van der Waals surface area contributed by atoms with Crippen LogP contribution in [0.5, 0.6) is 0 Å². The van der Waals surface area contributed by atoms with Crippen molar-refractivity contribution >= 4 is 17.6 Å². The van der Waals surface area contributed by atoms with Crippen LogP contribution in [0.15, 0.2) is 23.2 Å². The van der Waals surface area contributed by atoms with Gasteiger partial charge in [0, 0.05) is 18.7 Å². The van der Waals surface area contributed by atoms with E-state index >= 15 is 0 Å². The van der Waals surface area contributed by atoms with E-state index in [0.29, 0.717) is 31.4 Å². The quantitative estimate of drug-likeness (QED) is 0.426. The van der Waals surface area contributed by atoms with E-state index < -0.39 is 0 Å². The number of anilines is 1. The molecule has 1 amide bonds. The summed E-state index contributed by atoms with van der Waals surface area (Å²) in [6.45, 7) is 5.11. The predicted octanol–water partition coefficient (Wildman–Crippen LogP) is 3.12. The highest BCUT2D eigenvalue weighted by molar-refractivity contribution is 5.92. The van der Waals surface area contributed by atoms with Crippen LogP contribution in [0, 0.1) is 19.8 Å². The third-order valence-electron chi connectivity index (χ3n) is 4.41. The number of hydrogen-bond donors (Lipinski definition) is 3. The number of guanidine groups is 1. The third-order valence-corrected chi connectivity index (χ3v) is 4.41. The first kappa shape index (κ1) is 18.3. The standard InChI is InChI=1S/C19H30N4O/c1-14-10-15(2)12-17(11-14)23-19(20)22-9-8-21-18(24)13-16-6-4-3-5-7-16/h10-12,16H,3-9,13H2,1-2H3,(H,21,24)(H3,20,22,23). The number of nitrogens with zero attached hydrogens (tertiary/aromatic N) is 1. The van der Waals surface area contributed by atoms with E-state index in [9.17, 15) is 4.79 Å². The van der Waals surface area contributed by atoms with Gasteiger partial charge in [0.25, 0.3) is 0 Å². The molecule has 24 heavy (non-hydrogen) atoms. The molecule has 4 N–H and O–H groups in total. The summed E-state index contributed by atoms with van der Waals surface area (Å²) >= 11 is 0. The maximum absolute atomic E-state index is 11.9. The molecule has 0 atom stereocenters. The van der Waals surface area contributed by atoms with E-state index in [-0.39, 0.29) is 5.91 Å². The Morgan fingerprint density at radius 2 is 1.83 bits per heavy atom. The molecule has 0 saturated heterocycles. The molecule has 0 heterocycles. The number of benzene rings is 1. The maximum Gasteiger partial charge on any atom is 0.220 e. The van der Waals surface area contributed by atoms with Gasteiger partial charge in [-0.1, -0.05) is 25.3 Å². The number of nitrogens with two attached hydrogens (primary N) is 1. The van der Waals surface area contributed by atoms with Crippen molar-refractivity contribution in [2.24, 2.45) is 16.6 Å². The second kappa shape index (κ2) is 9.30. The number of carbonyl (C=O) groups excluding carboxylic acids is 1. The Kier molecular flexibility index (Phi) is 7.09. The lowest BCUT2D eigenvalue weighted by atomic mass is 9.87. The molecule has 0 aliphatic heterocycles. The summed E-state index contributed by atoms with van der Waals surface area (Å²) in [4.78, 5) is 16.2. The van der Waals surface area contributed by atoms with Crippen molar-refractivity contribution in [3.63, 3.8) is 0 Å². The Hall–Kier alpha value is -2.04. The van der Waals surface area contributed by atoms with Crippen molar-refractivity contribution in [2.45, 2.75) is 52.4 Å². The van der Waals surface area contributed by atoms with Gasteiger partial charge in [-0.25, -0.2) is 0 Å². The van der Waals surface area contributed by atoms with Crippen molar-refractivity contribution in [3.8, 4) is 0 Å². The highest BCUT2D eigenvalue weighted by Crippen LogP contribution is 2.25. The lowest BCUT2D eigenvalue weighted by Gasteiger charge is -2.20. The Morgan fingerprint density at radius 3 is 2.50 bits per heavy atom. The number of hydrogen-bond acceptors (Lipinski definition) is 2. The number of amides is 1. The molecule has 5 heteroatoms. The van der Waals surface area contributed by atoms with Gasteiger partial charge in [0.1, 0.15) is 0 Å². The van der Waals surface area contributed by atoms with Gasteiger partial charge in [0.2, 0.25) is 5.91 Å². The smallest absolute Gasteiger partial charge is 0.220 e. The number of rotatable bonds is 6. The summed E-state index contributed by atoms with van der Waals surface area (Å²) in [5.41, 5.74) is 9.20. The molecule has 1 fully saturated rings. The van der Waals surface area contributed by atoms with Gasteiger partial charge >= 0.3 is 0 Å². The molecule has 1 aromatic carbocycles. The SMILES string of the molecule is Cc1cc(C)cc(NC(N)=NCCNC(=O)CC2CCCCC2)c1. The first-order valence-corrected chi connectivity index (χ1v) is 8.95. The molecule has 0 spiro atoms. The van der Waals surface area contributed by atoms with Crippen LogP contribution in [0.2, 0.25) is 0 Å². The second-order valence-electron chi connectivity index (χ2n) is 6.83. The minimum Gasteiger partial charge on any atom is -0.370 e. The van der Waals surface area contributed by atoms with Crippen LogP contribution in [-0.2, 0) is 4.79 Å². The Labute approximate surface area is 145 Å². The molecular weight excluding hydrogens is 300 g/mol. The number of nitrogens with one attached hydrogen (secondary N) is 2. The Balaban J connectivity index is 1.67. The minimum absolute atomic E-state index is 0.137. The zero-order valence-corrected chi connectivity index (χ0v) is 14.9. The van der Waals surface area contributed by atoms with E-state index in [1.807, 2.05) is 26.0 Å². The maximum atomic E-state index is 11.9. The lowest BCUT2D eigenvalue weighted by Crippen LogP contribution is -2.30.